The summed E-state index contributed by atoms with van der Waals surface area (Å²) in [4.78, 5) is 12.3. The van der Waals surface area contributed by atoms with Crippen molar-refractivity contribution in [2.75, 3.05) is 0 Å². The lowest BCUT2D eigenvalue weighted by Gasteiger charge is -2.28. The summed E-state index contributed by atoms with van der Waals surface area (Å²) in [6, 6.07) is 9.87. The zero-order valence-corrected chi connectivity index (χ0v) is 13.6. The number of benzene rings is 1. The van der Waals surface area contributed by atoms with Crippen LogP contribution in [0.5, 0.6) is 0 Å². The standard InChI is InChI=1S/C18H30N2O/c1-4-7-13-16(19)18(21)20-17(14(5-2)6-3)15-11-9-8-10-12-15/h8-12,14,16-17H,4-7,13,19H2,1-3H3,(H,20,21)/t16-,17?/m0/s1. The minimum Gasteiger partial charge on any atom is -0.348 e. The molecular formula is C18H30N2O. The van der Waals surface area contributed by atoms with Gasteiger partial charge in [-0.25, -0.2) is 0 Å². The molecule has 118 valence electrons. The van der Waals surface area contributed by atoms with Crippen molar-refractivity contribution in [1.82, 2.24) is 5.32 Å². The Balaban J connectivity index is 2.80. The molecule has 1 amide bonds. The van der Waals surface area contributed by atoms with E-state index in [0.29, 0.717) is 5.92 Å². The van der Waals surface area contributed by atoms with Gasteiger partial charge in [0, 0.05) is 0 Å². The van der Waals surface area contributed by atoms with Crippen LogP contribution in [0.25, 0.3) is 0 Å². The van der Waals surface area contributed by atoms with Crippen molar-refractivity contribution in [2.45, 2.75) is 65.0 Å². The number of hydrogen-bond acceptors (Lipinski definition) is 2. The summed E-state index contributed by atoms with van der Waals surface area (Å²) < 4.78 is 0. The zero-order valence-electron chi connectivity index (χ0n) is 13.6. The summed E-state index contributed by atoms with van der Waals surface area (Å²) in [5.41, 5.74) is 7.17. The number of hydrogen-bond donors (Lipinski definition) is 2. The van der Waals surface area contributed by atoms with Gasteiger partial charge in [-0.05, 0) is 17.9 Å². The Kier molecular flexibility index (Phi) is 8.06. The highest BCUT2D eigenvalue weighted by Gasteiger charge is 2.24. The zero-order chi connectivity index (χ0) is 15.7. The molecule has 1 aromatic carbocycles. The Morgan fingerprint density at radius 2 is 1.76 bits per heavy atom. The Morgan fingerprint density at radius 1 is 1.14 bits per heavy atom. The van der Waals surface area contributed by atoms with E-state index in [-0.39, 0.29) is 11.9 Å². The van der Waals surface area contributed by atoms with Crippen molar-refractivity contribution < 1.29 is 4.79 Å². The van der Waals surface area contributed by atoms with Crippen molar-refractivity contribution in [1.29, 1.82) is 0 Å². The molecule has 1 rings (SSSR count). The minimum absolute atomic E-state index is 0.0239. The van der Waals surface area contributed by atoms with Crippen LogP contribution in [-0.4, -0.2) is 11.9 Å². The fourth-order valence-corrected chi connectivity index (χ4v) is 2.71. The topological polar surface area (TPSA) is 55.1 Å². The molecule has 0 aromatic heterocycles. The fraction of sp³-hybridized carbons (Fsp3) is 0.611. The molecule has 3 nitrogen and oxygen atoms in total. The van der Waals surface area contributed by atoms with E-state index in [9.17, 15) is 4.79 Å². The van der Waals surface area contributed by atoms with Crippen LogP contribution in [0.15, 0.2) is 30.3 Å². The smallest absolute Gasteiger partial charge is 0.237 e. The maximum absolute atomic E-state index is 12.3. The second-order valence-corrected chi connectivity index (χ2v) is 5.72. The van der Waals surface area contributed by atoms with Gasteiger partial charge in [0.05, 0.1) is 12.1 Å². The maximum atomic E-state index is 12.3. The van der Waals surface area contributed by atoms with Crippen LogP contribution in [0.4, 0.5) is 0 Å². The number of nitrogens with two attached hydrogens (primary N) is 1. The molecule has 3 N–H and O–H groups in total. The van der Waals surface area contributed by atoms with Crippen LogP contribution >= 0.6 is 0 Å². The van der Waals surface area contributed by atoms with Crippen LogP contribution < -0.4 is 11.1 Å². The van der Waals surface area contributed by atoms with E-state index in [1.54, 1.807) is 0 Å². The summed E-state index contributed by atoms with van der Waals surface area (Å²) in [7, 11) is 0. The van der Waals surface area contributed by atoms with Gasteiger partial charge in [0.2, 0.25) is 5.91 Å². The summed E-state index contributed by atoms with van der Waals surface area (Å²) in [6.07, 6.45) is 4.90. The molecule has 1 aromatic rings. The number of carbonyl (C=O) groups is 1. The largest absolute Gasteiger partial charge is 0.348 e. The molecule has 0 bridgehead atoms. The van der Waals surface area contributed by atoms with Gasteiger partial charge in [0.1, 0.15) is 0 Å². The first kappa shape index (κ1) is 17.7. The number of nitrogens with one attached hydrogen (secondary N) is 1. The Labute approximate surface area is 129 Å². The number of amides is 1. The second-order valence-electron chi connectivity index (χ2n) is 5.72. The first-order valence-electron chi connectivity index (χ1n) is 8.24. The molecule has 21 heavy (non-hydrogen) atoms. The van der Waals surface area contributed by atoms with Crippen LogP contribution in [0.2, 0.25) is 0 Å². The molecule has 0 aliphatic carbocycles. The quantitative estimate of drug-likeness (QED) is 0.727. The fourth-order valence-electron chi connectivity index (χ4n) is 2.71. The van der Waals surface area contributed by atoms with E-state index in [1.807, 2.05) is 18.2 Å². The number of rotatable bonds is 9. The van der Waals surface area contributed by atoms with E-state index in [1.165, 1.54) is 5.56 Å². The minimum atomic E-state index is -0.398. The van der Waals surface area contributed by atoms with Crippen LogP contribution in [0.3, 0.4) is 0 Å². The van der Waals surface area contributed by atoms with Gasteiger partial charge >= 0.3 is 0 Å². The third kappa shape index (κ3) is 5.50. The SMILES string of the molecule is CCCC[C@H](N)C(=O)NC(c1ccccc1)C(CC)CC. The second kappa shape index (κ2) is 9.56. The van der Waals surface area contributed by atoms with E-state index in [0.717, 1.165) is 32.1 Å². The van der Waals surface area contributed by atoms with Crippen LogP contribution in [-0.2, 0) is 4.79 Å². The molecule has 0 spiro atoms. The molecule has 0 aliphatic rings. The van der Waals surface area contributed by atoms with Crippen molar-refractivity contribution in [2.24, 2.45) is 11.7 Å². The van der Waals surface area contributed by atoms with Crippen molar-refractivity contribution in [3.63, 3.8) is 0 Å². The van der Waals surface area contributed by atoms with Gasteiger partial charge in [-0.1, -0.05) is 76.8 Å². The predicted molar refractivity (Wildman–Crippen MR) is 88.9 cm³/mol. The highest BCUT2D eigenvalue weighted by atomic mass is 16.2. The molecule has 0 saturated heterocycles. The molecule has 3 heteroatoms. The molecule has 1 unspecified atom stereocenters. The normalized spacial score (nSPS) is 14.0. The third-order valence-corrected chi connectivity index (χ3v) is 4.18. The summed E-state index contributed by atoms with van der Waals surface area (Å²) in [6.45, 7) is 6.46. The van der Waals surface area contributed by atoms with Gasteiger partial charge in [-0.15, -0.1) is 0 Å². The first-order chi connectivity index (χ1) is 10.1. The van der Waals surface area contributed by atoms with E-state index < -0.39 is 6.04 Å². The molecule has 0 radical (unpaired) electrons. The third-order valence-electron chi connectivity index (χ3n) is 4.18. The molecule has 0 saturated carbocycles. The first-order valence-corrected chi connectivity index (χ1v) is 8.24. The lowest BCUT2D eigenvalue weighted by atomic mass is 9.88. The van der Waals surface area contributed by atoms with Gasteiger partial charge in [0.15, 0.2) is 0 Å². The van der Waals surface area contributed by atoms with Crippen molar-refractivity contribution in [3.05, 3.63) is 35.9 Å². The van der Waals surface area contributed by atoms with E-state index in [4.69, 9.17) is 5.73 Å². The lowest BCUT2D eigenvalue weighted by Crippen LogP contribution is -2.44. The summed E-state index contributed by atoms with van der Waals surface area (Å²) in [5.74, 6) is 0.416. The Hall–Kier alpha value is -1.35. The van der Waals surface area contributed by atoms with Crippen LogP contribution in [0.1, 0.15) is 64.5 Å². The number of carbonyl (C=O) groups excluding carboxylic acids is 1. The molecular weight excluding hydrogens is 260 g/mol. The van der Waals surface area contributed by atoms with Gasteiger partial charge in [-0.3, -0.25) is 4.79 Å². The molecule has 0 fully saturated rings. The number of unbranched alkanes of at least 4 members (excludes halogenated alkanes) is 1. The molecule has 0 heterocycles. The van der Waals surface area contributed by atoms with E-state index in [2.05, 4.69) is 38.2 Å². The summed E-state index contributed by atoms with van der Waals surface area (Å²) in [5, 5.41) is 3.18. The Bertz CT molecular complexity index is 401. The highest BCUT2D eigenvalue weighted by Crippen LogP contribution is 2.27. The lowest BCUT2D eigenvalue weighted by molar-refractivity contribution is -0.123. The van der Waals surface area contributed by atoms with Gasteiger partial charge in [0.25, 0.3) is 0 Å². The molecule has 2 atom stereocenters. The van der Waals surface area contributed by atoms with Gasteiger partial charge < -0.3 is 11.1 Å². The molecule has 0 aliphatic heterocycles. The monoisotopic (exact) mass is 290 g/mol. The predicted octanol–water partition coefficient (Wildman–Crippen LogP) is 3.80. The maximum Gasteiger partial charge on any atom is 0.237 e. The van der Waals surface area contributed by atoms with Gasteiger partial charge in [-0.2, -0.15) is 0 Å². The Morgan fingerprint density at radius 3 is 2.29 bits per heavy atom. The average molecular weight is 290 g/mol. The van der Waals surface area contributed by atoms with Crippen molar-refractivity contribution in [3.8, 4) is 0 Å². The van der Waals surface area contributed by atoms with Crippen molar-refractivity contribution >= 4 is 5.91 Å². The van der Waals surface area contributed by atoms with E-state index >= 15 is 0 Å². The summed E-state index contributed by atoms with van der Waals surface area (Å²) >= 11 is 0. The average Bonchev–Trinajstić information content (AvgIpc) is 2.53. The van der Waals surface area contributed by atoms with Crippen LogP contribution in [0, 0.1) is 5.92 Å². The highest BCUT2D eigenvalue weighted by molar-refractivity contribution is 5.81.